The van der Waals surface area contributed by atoms with Crippen molar-refractivity contribution in [3.05, 3.63) is 54.6 Å². The summed E-state index contributed by atoms with van der Waals surface area (Å²) in [6.45, 7) is 3.14. The predicted molar refractivity (Wildman–Crippen MR) is 129 cm³/mol. The second-order valence-corrected chi connectivity index (χ2v) is 7.72. The fourth-order valence-corrected chi connectivity index (χ4v) is 4.02. The lowest BCUT2D eigenvalue weighted by atomic mass is 10.1. The first-order valence-corrected chi connectivity index (χ1v) is 10.8. The number of methoxy groups -OCH3 is 2. The number of morpholine rings is 1. The monoisotopic (exact) mass is 443 g/mol. The summed E-state index contributed by atoms with van der Waals surface area (Å²) < 4.78 is 16.3. The Labute approximate surface area is 192 Å². The first kappa shape index (κ1) is 21.0. The molecule has 2 N–H and O–H groups in total. The quantitative estimate of drug-likeness (QED) is 0.498. The van der Waals surface area contributed by atoms with Crippen molar-refractivity contribution in [2.24, 2.45) is 0 Å². The summed E-state index contributed by atoms with van der Waals surface area (Å²) >= 11 is 0. The van der Waals surface area contributed by atoms with E-state index in [4.69, 9.17) is 29.9 Å². The molecule has 1 aliphatic heterocycles. The number of nitrogens with zero attached hydrogens (tertiary/aromatic N) is 4. The maximum atomic E-state index is 6.30. The standard InChI is InChI=1S/C25H25N5O3/c1-31-17-13-16(14-18(15-17)32-2)24-28-23(26)20-7-8-21(27-25(20)29-24)19-5-3-4-6-22(19)30-9-11-33-12-10-30/h3-8,13-15H,9-12H2,1-2H3,(H2,26,27,28,29). The number of hydrogen-bond acceptors (Lipinski definition) is 8. The number of aromatic nitrogens is 3. The lowest BCUT2D eigenvalue weighted by Gasteiger charge is -2.30. The molecule has 4 aromatic rings. The third-order valence-electron chi connectivity index (χ3n) is 5.73. The highest BCUT2D eigenvalue weighted by molar-refractivity contribution is 5.90. The third kappa shape index (κ3) is 4.12. The molecule has 3 heterocycles. The van der Waals surface area contributed by atoms with Crippen LogP contribution in [0.15, 0.2) is 54.6 Å². The largest absolute Gasteiger partial charge is 0.497 e. The molecule has 0 spiro atoms. The van der Waals surface area contributed by atoms with Crippen LogP contribution in [-0.4, -0.2) is 55.5 Å². The van der Waals surface area contributed by atoms with Gasteiger partial charge in [0.15, 0.2) is 11.5 Å². The lowest BCUT2D eigenvalue weighted by Crippen LogP contribution is -2.36. The van der Waals surface area contributed by atoms with E-state index in [2.05, 4.69) is 22.0 Å². The van der Waals surface area contributed by atoms with Gasteiger partial charge in [0.1, 0.15) is 17.3 Å². The molecular weight excluding hydrogens is 418 g/mol. The van der Waals surface area contributed by atoms with Gasteiger partial charge in [-0.05, 0) is 30.3 Å². The van der Waals surface area contributed by atoms with Crippen molar-refractivity contribution in [2.75, 3.05) is 51.2 Å². The molecule has 0 bridgehead atoms. The van der Waals surface area contributed by atoms with Crippen molar-refractivity contribution < 1.29 is 14.2 Å². The Morgan fingerprint density at radius 1 is 0.879 bits per heavy atom. The Morgan fingerprint density at radius 2 is 1.61 bits per heavy atom. The van der Waals surface area contributed by atoms with Gasteiger partial charge in [-0.2, -0.15) is 0 Å². The molecule has 1 aliphatic rings. The lowest BCUT2D eigenvalue weighted by molar-refractivity contribution is 0.123. The fraction of sp³-hybridized carbons (Fsp3) is 0.240. The number of hydrogen-bond donors (Lipinski definition) is 1. The molecule has 33 heavy (non-hydrogen) atoms. The van der Waals surface area contributed by atoms with E-state index in [1.54, 1.807) is 20.3 Å². The van der Waals surface area contributed by atoms with Crippen LogP contribution in [0, 0.1) is 0 Å². The summed E-state index contributed by atoms with van der Waals surface area (Å²) in [5.41, 5.74) is 10.6. The summed E-state index contributed by atoms with van der Waals surface area (Å²) in [5, 5.41) is 0.709. The number of para-hydroxylation sites is 1. The van der Waals surface area contributed by atoms with Crippen LogP contribution in [0.5, 0.6) is 11.5 Å². The van der Waals surface area contributed by atoms with Crippen LogP contribution < -0.4 is 20.1 Å². The first-order chi connectivity index (χ1) is 16.2. The molecular formula is C25H25N5O3. The molecule has 0 atom stereocenters. The van der Waals surface area contributed by atoms with E-state index in [9.17, 15) is 0 Å². The van der Waals surface area contributed by atoms with Gasteiger partial charge < -0.3 is 24.8 Å². The molecule has 5 rings (SSSR count). The Kier molecular flexibility index (Phi) is 5.66. The van der Waals surface area contributed by atoms with E-state index in [-0.39, 0.29) is 0 Å². The van der Waals surface area contributed by atoms with Gasteiger partial charge in [-0.15, -0.1) is 0 Å². The zero-order chi connectivity index (χ0) is 22.8. The summed E-state index contributed by atoms with van der Waals surface area (Å²) in [4.78, 5) is 16.5. The predicted octanol–water partition coefficient (Wildman–Crippen LogP) is 3.79. The number of fused-ring (bicyclic) bond motifs is 1. The number of nitrogen functional groups attached to an aromatic ring is 1. The maximum absolute atomic E-state index is 6.30. The molecule has 0 aliphatic carbocycles. The summed E-state index contributed by atoms with van der Waals surface area (Å²) in [6, 6.07) is 17.7. The molecule has 0 radical (unpaired) electrons. The summed E-state index contributed by atoms with van der Waals surface area (Å²) in [5.74, 6) is 2.13. The van der Waals surface area contributed by atoms with Crippen molar-refractivity contribution >= 4 is 22.5 Å². The number of rotatable bonds is 5. The molecule has 8 heteroatoms. The van der Waals surface area contributed by atoms with Gasteiger partial charge in [-0.25, -0.2) is 15.0 Å². The highest BCUT2D eigenvalue weighted by Crippen LogP contribution is 2.33. The summed E-state index contributed by atoms with van der Waals surface area (Å²) in [6.07, 6.45) is 0. The normalized spacial score (nSPS) is 13.8. The van der Waals surface area contributed by atoms with Gasteiger partial charge in [0.25, 0.3) is 0 Å². The van der Waals surface area contributed by atoms with E-state index in [1.807, 2.05) is 36.4 Å². The van der Waals surface area contributed by atoms with Gasteiger partial charge in [0.2, 0.25) is 0 Å². The third-order valence-corrected chi connectivity index (χ3v) is 5.73. The van der Waals surface area contributed by atoms with Crippen LogP contribution >= 0.6 is 0 Å². The fourth-order valence-electron chi connectivity index (χ4n) is 4.02. The summed E-state index contributed by atoms with van der Waals surface area (Å²) in [7, 11) is 3.21. The van der Waals surface area contributed by atoms with Crippen molar-refractivity contribution in [3.8, 4) is 34.1 Å². The molecule has 2 aromatic heterocycles. The SMILES string of the molecule is COc1cc(OC)cc(-c2nc(N)c3ccc(-c4ccccc4N4CCOCC4)nc3n2)c1. The van der Waals surface area contributed by atoms with Gasteiger partial charge in [0, 0.05) is 36.0 Å². The van der Waals surface area contributed by atoms with E-state index in [1.165, 1.54) is 0 Å². The average molecular weight is 444 g/mol. The Hall–Kier alpha value is -3.91. The Balaban J connectivity index is 1.61. The molecule has 1 fully saturated rings. The van der Waals surface area contributed by atoms with E-state index in [0.717, 1.165) is 48.8 Å². The highest BCUT2D eigenvalue weighted by atomic mass is 16.5. The van der Waals surface area contributed by atoms with Crippen LogP contribution in [0.4, 0.5) is 11.5 Å². The minimum Gasteiger partial charge on any atom is -0.497 e. The van der Waals surface area contributed by atoms with Gasteiger partial charge in [-0.3, -0.25) is 0 Å². The maximum Gasteiger partial charge on any atom is 0.165 e. The van der Waals surface area contributed by atoms with E-state index >= 15 is 0 Å². The minimum atomic E-state index is 0.373. The number of anilines is 2. The zero-order valence-corrected chi connectivity index (χ0v) is 18.6. The molecule has 0 unspecified atom stereocenters. The molecule has 1 saturated heterocycles. The van der Waals surface area contributed by atoms with Crippen molar-refractivity contribution in [1.82, 2.24) is 15.0 Å². The van der Waals surface area contributed by atoms with Crippen LogP contribution in [-0.2, 0) is 4.74 Å². The highest BCUT2D eigenvalue weighted by Gasteiger charge is 2.17. The first-order valence-electron chi connectivity index (χ1n) is 10.8. The molecule has 0 amide bonds. The molecule has 168 valence electrons. The zero-order valence-electron chi connectivity index (χ0n) is 18.6. The van der Waals surface area contributed by atoms with Crippen molar-refractivity contribution in [3.63, 3.8) is 0 Å². The average Bonchev–Trinajstić information content (AvgIpc) is 2.88. The van der Waals surface area contributed by atoms with Gasteiger partial charge in [-0.1, -0.05) is 18.2 Å². The van der Waals surface area contributed by atoms with E-state index < -0.39 is 0 Å². The molecule has 2 aromatic carbocycles. The second kappa shape index (κ2) is 8.91. The van der Waals surface area contributed by atoms with Crippen LogP contribution in [0.2, 0.25) is 0 Å². The molecule has 8 nitrogen and oxygen atoms in total. The molecule has 0 saturated carbocycles. The minimum absolute atomic E-state index is 0.373. The Morgan fingerprint density at radius 3 is 2.33 bits per heavy atom. The van der Waals surface area contributed by atoms with Crippen LogP contribution in [0.1, 0.15) is 0 Å². The van der Waals surface area contributed by atoms with Crippen molar-refractivity contribution in [2.45, 2.75) is 0 Å². The Bertz CT molecular complexity index is 1280. The van der Waals surface area contributed by atoms with Gasteiger partial charge in [0.05, 0.1) is 38.5 Å². The topological polar surface area (TPSA) is 95.6 Å². The van der Waals surface area contributed by atoms with E-state index in [0.29, 0.717) is 34.2 Å². The number of benzene rings is 2. The number of nitrogens with two attached hydrogens (primary N) is 1. The van der Waals surface area contributed by atoms with Crippen molar-refractivity contribution in [1.29, 1.82) is 0 Å². The smallest absolute Gasteiger partial charge is 0.165 e. The van der Waals surface area contributed by atoms with Gasteiger partial charge >= 0.3 is 0 Å². The van der Waals surface area contributed by atoms with Crippen LogP contribution in [0.25, 0.3) is 33.7 Å². The second-order valence-electron chi connectivity index (χ2n) is 7.72. The number of ether oxygens (including phenoxy) is 3. The van der Waals surface area contributed by atoms with Crippen LogP contribution in [0.3, 0.4) is 0 Å². The number of pyridine rings is 1.